The molecule has 1 amide bonds. The second-order valence-electron chi connectivity index (χ2n) is 5.01. The van der Waals surface area contributed by atoms with Crippen LogP contribution in [0.4, 0.5) is 5.69 Å². The number of carbonyl (C=O) groups is 1. The van der Waals surface area contributed by atoms with Gasteiger partial charge < -0.3 is 5.32 Å². The molecule has 3 heteroatoms. The van der Waals surface area contributed by atoms with Gasteiger partial charge in [0, 0.05) is 10.7 Å². The van der Waals surface area contributed by atoms with Crippen LogP contribution >= 0.6 is 11.6 Å². The normalized spacial score (nSPS) is 13.3. The van der Waals surface area contributed by atoms with Crippen LogP contribution in [0.25, 0.3) is 11.1 Å². The molecule has 0 fully saturated rings. The largest absolute Gasteiger partial charge is 0.326 e. The molecule has 1 N–H and O–H groups in total. The summed E-state index contributed by atoms with van der Waals surface area (Å²) in [6, 6.07) is 10.1. The van der Waals surface area contributed by atoms with Crippen LogP contribution in [0, 0.1) is 13.8 Å². The predicted octanol–water partition coefficient (Wildman–Crippen LogP) is 4.12. The maximum atomic E-state index is 11.4. The van der Waals surface area contributed by atoms with E-state index in [1.807, 2.05) is 24.3 Å². The van der Waals surface area contributed by atoms with Crippen molar-refractivity contribution in [3.05, 3.63) is 52.0 Å². The Morgan fingerprint density at radius 2 is 1.79 bits per heavy atom. The number of halogens is 1. The van der Waals surface area contributed by atoms with E-state index in [2.05, 4.69) is 25.2 Å². The molecule has 3 rings (SSSR count). The van der Waals surface area contributed by atoms with Gasteiger partial charge in [-0.25, -0.2) is 0 Å². The fourth-order valence-corrected chi connectivity index (χ4v) is 3.08. The minimum Gasteiger partial charge on any atom is -0.326 e. The lowest BCUT2D eigenvalue weighted by atomic mass is 9.94. The van der Waals surface area contributed by atoms with Gasteiger partial charge in [0.1, 0.15) is 0 Å². The van der Waals surface area contributed by atoms with Crippen molar-refractivity contribution >= 4 is 23.2 Å². The molecule has 0 saturated carbocycles. The summed E-state index contributed by atoms with van der Waals surface area (Å²) in [6.07, 6.45) is 0.467. The molecule has 0 aromatic heterocycles. The van der Waals surface area contributed by atoms with Gasteiger partial charge in [0.05, 0.1) is 6.42 Å². The molecule has 2 aromatic carbocycles. The van der Waals surface area contributed by atoms with E-state index in [1.165, 1.54) is 5.56 Å². The number of amides is 1. The molecular formula is C16H14ClNO. The first-order valence-electron chi connectivity index (χ1n) is 6.24. The van der Waals surface area contributed by atoms with E-state index in [-0.39, 0.29) is 5.91 Å². The van der Waals surface area contributed by atoms with E-state index in [0.717, 1.165) is 33.0 Å². The van der Waals surface area contributed by atoms with Crippen molar-refractivity contribution in [2.75, 3.05) is 5.32 Å². The van der Waals surface area contributed by atoms with Crippen molar-refractivity contribution in [2.45, 2.75) is 20.3 Å². The molecule has 96 valence electrons. The molecule has 19 heavy (non-hydrogen) atoms. The number of carbonyl (C=O) groups excluding carboxylic acids is 1. The molecule has 0 saturated heterocycles. The van der Waals surface area contributed by atoms with Gasteiger partial charge in [-0.05, 0) is 65.9 Å². The maximum Gasteiger partial charge on any atom is 0.228 e. The summed E-state index contributed by atoms with van der Waals surface area (Å²) in [7, 11) is 0. The minimum absolute atomic E-state index is 0.0664. The van der Waals surface area contributed by atoms with Crippen LogP contribution in [0.5, 0.6) is 0 Å². The van der Waals surface area contributed by atoms with Crippen molar-refractivity contribution in [3.63, 3.8) is 0 Å². The lowest BCUT2D eigenvalue weighted by Crippen LogP contribution is -2.03. The third-order valence-electron chi connectivity index (χ3n) is 3.52. The summed E-state index contributed by atoms with van der Waals surface area (Å²) in [6.45, 7) is 4.12. The molecule has 0 bridgehead atoms. The molecule has 1 aliphatic heterocycles. The van der Waals surface area contributed by atoms with E-state index in [4.69, 9.17) is 11.6 Å². The summed E-state index contributed by atoms with van der Waals surface area (Å²) in [5, 5.41) is 3.62. The molecule has 0 aliphatic carbocycles. The lowest BCUT2D eigenvalue weighted by Gasteiger charge is -2.12. The Balaban J connectivity index is 2.14. The van der Waals surface area contributed by atoms with Crippen LogP contribution in [0.2, 0.25) is 5.02 Å². The van der Waals surface area contributed by atoms with E-state index in [1.54, 1.807) is 0 Å². The number of nitrogens with one attached hydrogen (secondary N) is 1. The standard InChI is InChI=1S/C16H14ClNO/c1-9-5-13(17)6-10(2)16(9)11-3-4-14-12(7-11)8-15(19)18-14/h3-7H,8H2,1-2H3,(H,18,19). The van der Waals surface area contributed by atoms with Gasteiger partial charge in [-0.2, -0.15) is 0 Å². The summed E-state index contributed by atoms with van der Waals surface area (Å²) in [4.78, 5) is 11.4. The Kier molecular flexibility index (Phi) is 2.83. The van der Waals surface area contributed by atoms with Crippen LogP contribution in [0.1, 0.15) is 16.7 Å². The number of hydrogen-bond acceptors (Lipinski definition) is 1. The third kappa shape index (κ3) is 2.13. The minimum atomic E-state index is 0.0664. The van der Waals surface area contributed by atoms with Crippen LogP contribution in [-0.2, 0) is 11.2 Å². The van der Waals surface area contributed by atoms with Gasteiger partial charge in [-0.15, -0.1) is 0 Å². The zero-order chi connectivity index (χ0) is 13.6. The Morgan fingerprint density at radius 3 is 2.47 bits per heavy atom. The number of benzene rings is 2. The Hall–Kier alpha value is -1.80. The number of hydrogen-bond donors (Lipinski definition) is 1. The highest BCUT2D eigenvalue weighted by Crippen LogP contribution is 2.33. The van der Waals surface area contributed by atoms with Crippen LogP contribution < -0.4 is 5.32 Å². The smallest absolute Gasteiger partial charge is 0.228 e. The maximum absolute atomic E-state index is 11.4. The monoisotopic (exact) mass is 271 g/mol. The van der Waals surface area contributed by atoms with Gasteiger partial charge in [0.15, 0.2) is 0 Å². The number of fused-ring (bicyclic) bond motifs is 1. The Labute approximate surface area is 117 Å². The number of aryl methyl sites for hydroxylation is 2. The molecule has 0 spiro atoms. The summed E-state index contributed by atoms with van der Waals surface area (Å²) in [5.41, 5.74) is 6.65. The SMILES string of the molecule is Cc1cc(Cl)cc(C)c1-c1ccc2c(c1)CC(=O)N2. The van der Waals surface area contributed by atoms with Crippen LogP contribution in [0.15, 0.2) is 30.3 Å². The average Bonchev–Trinajstić information content (AvgIpc) is 2.67. The molecular weight excluding hydrogens is 258 g/mol. The molecule has 2 aromatic rings. The molecule has 1 heterocycles. The van der Waals surface area contributed by atoms with Crippen molar-refractivity contribution in [2.24, 2.45) is 0 Å². The molecule has 0 radical (unpaired) electrons. The summed E-state index contributed by atoms with van der Waals surface area (Å²) < 4.78 is 0. The fraction of sp³-hybridized carbons (Fsp3) is 0.188. The van der Waals surface area contributed by atoms with Gasteiger partial charge in [-0.1, -0.05) is 17.7 Å². The van der Waals surface area contributed by atoms with Crippen molar-refractivity contribution in [1.82, 2.24) is 0 Å². The highest BCUT2D eigenvalue weighted by molar-refractivity contribution is 6.30. The summed E-state index contributed by atoms with van der Waals surface area (Å²) in [5.74, 6) is 0.0664. The quantitative estimate of drug-likeness (QED) is 0.831. The highest BCUT2D eigenvalue weighted by atomic mass is 35.5. The predicted molar refractivity (Wildman–Crippen MR) is 78.7 cm³/mol. The lowest BCUT2D eigenvalue weighted by molar-refractivity contribution is -0.115. The van der Waals surface area contributed by atoms with Crippen molar-refractivity contribution < 1.29 is 4.79 Å². The zero-order valence-corrected chi connectivity index (χ0v) is 11.6. The van der Waals surface area contributed by atoms with Crippen LogP contribution in [0.3, 0.4) is 0 Å². The van der Waals surface area contributed by atoms with E-state index >= 15 is 0 Å². The van der Waals surface area contributed by atoms with E-state index < -0.39 is 0 Å². The Bertz CT molecular complexity index is 668. The van der Waals surface area contributed by atoms with Gasteiger partial charge in [0.2, 0.25) is 5.91 Å². The second kappa shape index (κ2) is 4.39. The molecule has 0 unspecified atom stereocenters. The first-order valence-corrected chi connectivity index (χ1v) is 6.62. The zero-order valence-electron chi connectivity index (χ0n) is 10.9. The van der Waals surface area contributed by atoms with E-state index in [9.17, 15) is 4.79 Å². The third-order valence-corrected chi connectivity index (χ3v) is 3.73. The molecule has 0 atom stereocenters. The average molecular weight is 272 g/mol. The second-order valence-corrected chi connectivity index (χ2v) is 5.45. The first kappa shape index (κ1) is 12.2. The van der Waals surface area contributed by atoms with Gasteiger partial charge in [0.25, 0.3) is 0 Å². The topological polar surface area (TPSA) is 29.1 Å². The van der Waals surface area contributed by atoms with E-state index in [0.29, 0.717) is 6.42 Å². The number of rotatable bonds is 1. The fourth-order valence-electron chi connectivity index (χ4n) is 2.75. The highest BCUT2D eigenvalue weighted by Gasteiger charge is 2.18. The van der Waals surface area contributed by atoms with Gasteiger partial charge >= 0.3 is 0 Å². The Morgan fingerprint density at radius 1 is 1.11 bits per heavy atom. The van der Waals surface area contributed by atoms with Crippen molar-refractivity contribution in [1.29, 1.82) is 0 Å². The van der Waals surface area contributed by atoms with Crippen molar-refractivity contribution in [3.8, 4) is 11.1 Å². The number of anilines is 1. The summed E-state index contributed by atoms with van der Waals surface area (Å²) >= 11 is 6.07. The van der Waals surface area contributed by atoms with Crippen LogP contribution in [-0.4, -0.2) is 5.91 Å². The molecule has 1 aliphatic rings. The first-order chi connectivity index (χ1) is 9.04. The van der Waals surface area contributed by atoms with Gasteiger partial charge in [-0.3, -0.25) is 4.79 Å². The molecule has 2 nitrogen and oxygen atoms in total.